The summed E-state index contributed by atoms with van der Waals surface area (Å²) >= 11 is 0. The van der Waals surface area contributed by atoms with Gasteiger partial charge in [-0.05, 0) is 50.3 Å². The molecule has 1 aromatic heterocycles. The van der Waals surface area contributed by atoms with Gasteiger partial charge in [0.2, 0.25) is 0 Å². The van der Waals surface area contributed by atoms with E-state index in [1.807, 2.05) is 6.92 Å². The van der Waals surface area contributed by atoms with Crippen molar-refractivity contribution >= 4 is 11.7 Å². The number of hydrogen-bond donors (Lipinski definition) is 1. The maximum atomic E-state index is 13.5. The molecule has 4 atom stereocenters. The molecule has 166 valence electrons. The van der Waals surface area contributed by atoms with E-state index in [-0.39, 0.29) is 35.3 Å². The van der Waals surface area contributed by atoms with Crippen molar-refractivity contribution in [2.24, 2.45) is 5.92 Å². The Morgan fingerprint density at radius 2 is 2.10 bits per heavy atom. The van der Waals surface area contributed by atoms with Crippen LogP contribution in [0.15, 0.2) is 30.6 Å². The fourth-order valence-electron chi connectivity index (χ4n) is 5.09. The van der Waals surface area contributed by atoms with Crippen LogP contribution in [0, 0.1) is 5.92 Å². The van der Waals surface area contributed by atoms with Gasteiger partial charge in [0, 0.05) is 30.6 Å². The maximum Gasteiger partial charge on any atom is 0.417 e. The number of nitrogens with zero attached hydrogens (tertiary/aromatic N) is 4. The zero-order chi connectivity index (χ0) is 22.4. The Hall–Kier alpha value is -2.75. The Morgan fingerprint density at radius 1 is 1.32 bits per heavy atom. The average molecular weight is 435 g/mol. The number of halogens is 3. The van der Waals surface area contributed by atoms with E-state index in [2.05, 4.69) is 27.4 Å². The van der Waals surface area contributed by atoms with Crippen LogP contribution in [0.4, 0.5) is 23.7 Å². The van der Waals surface area contributed by atoms with Gasteiger partial charge in [0.1, 0.15) is 0 Å². The number of methoxy groups -OCH3 is 1. The standard InChI is InChI=1S/C21H24F3N5O2/c1-12-8-15-11-20(10-12,13(2)31-3)29(15)19(30)27-14-4-5-17(21(22,23)24)16(9-14)18-25-6-7-26-28-18/h4-7,9,12-13,15H,8,10-11H2,1-3H3,(H,27,30)/t12-,13?,15?,20?/m0/s1. The molecule has 10 heteroatoms. The Kier molecular flexibility index (Phi) is 5.36. The largest absolute Gasteiger partial charge is 0.417 e. The number of fused-ring (bicyclic) bond motifs is 2. The lowest BCUT2D eigenvalue weighted by atomic mass is 9.62. The van der Waals surface area contributed by atoms with Gasteiger partial charge in [-0.3, -0.25) is 0 Å². The number of alkyl halides is 3. The highest BCUT2D eigenvalue weighted by Crippen LogP contribution is 2.52. The molecule has 1 saturated carbocycles. The Labute approximate surface area is 178 Å². The number of carbonyl (C=O) groups excluding carboxylic acids is 1. The highest BCUT2D eigenvalue weighted by Gasteiger charge is 2.61. The molecule has 0 spiro atoms. The lowest BCUT2D eigenvalue weighted by molar-refractivity contribution is -0.155. The zero-order valence-corrected chi connectivity index (χ0v) is 17.5. The van der Waals surface area contributed by atoms with Crippen LogP contribution >= 0.6 is 0 Å². The summed E-state index contributed by atoms with van der Waals surface area (Å²) in [6.07, 6.45) is 0.390. The van der Waals surface area contributed by atoms with Crippen molar-refractivity contribution in [1.82, 2.24) is 20.1 Å². The molecule has 2 heterocycles. The lowest BCUT2D eigenvalue weighted by Gasteiger charge is -2.65. The van der Waals surface area contributed by atoms with Crippen LogP contribution in [0.25, 0.3) is 11.4 Å². The van der Waals surface area contributed by atoms with Gasteiger partial charge in [-0.15, -0.1) is 5.10 Å². The second-order valence-corrected chi connectivity index (χ2v) is 8.41. The van der Waals surface area contributed by atoms with Gasteiger partial charge in [-0.25, -0.2) is 9.78 Å². The summed E-state index contributed by atoms with van der Waals surface area (Å²) in [6, 6.07) is 3.16. The predicted octanol–water partition coefficient (Wildman–Crippen LogP) is 4.37. The average Bonchev–Trinajstić information content (AvgIpc) is 2.72. The number of hydrogen-bond acceptors (Lipinski definition) is 5. The number of likely N-dealkylation sites (tertiary alicyclic amines) is 1. The molecular formula is C21H24F3N5O2. The van der Waals surface area contributed by atoms with Crippen molar-refractivity contribution in [3.05, 3.63) is 36.2 Å². The molecule has 31 heavy (non-hydrogen) atoms. The summed E-state index contributed by atoms with van der Waals surface area (Å²) in [5.41, 5.74) is -1.30. The number of benzene rings is 1. The number of rotatable bonds is 4. The molecule has 3 unspecified atom stereocenters. The minimum atomic E-state index is -4.60. The van der Waals surface area contributed by atoms with Gasteiger partial charge in [0.25, 0.3) is 0 Å². The lowest BCUT2D eigenvalue weighted by Crippen LogP contribution is -2.76. The number of nitrogens with one attached hydrogen (secondary N) is 1. The molecular weight excluding hydrogens is 411 g/mol. The van der Waals surface area contributed by atoms with E-state index in [4.69, 9.17) is 4.74 Å². The number of carbonyl (C=O) groups is 1. The number of aromatic nitrogens is 3. The van der Waals surface area contributed by atoms with E-state index < -0.39 is 17.3 Å². The third-order valence-electron chi connectivity index (χ3n) is 6.44. The van der Waals surface area contributed by atoms with Crippen LogP contribution in [0.2, 0.25) is 0 Å². The Bertz CT molecular complexity index is 971. The van der Waals surface area contributed by atoms with Gasteiger partial charge in [-0.2, -0.15) is 18.3 Å². The number of amides is 2. The highest BCUT2D eigenvalue weighted by molar-refractivity contribution is 5.92. The van der Waals surface area contributed by atoms with Crippen molar-refractivity contribution in [3.8, 4) is 11.4 Å². The van der Waals surface area contributed by atoms with Gasteiger partial charge in [0.05, 0.1) is 23.4 Å². The Morgan fingerprint density at radius 3 is 2.74 bits per heavy atom. The zero-order valence-electron chi connectivity index (χ0n) is 17.5. The van der Waals surface area contributed by atoms with E-state index >= 15 is 0 Å². The van der Waals surface area contributed by atoms with Crippen molar-refractivity contribution in [3.63, 3.8) is 0 Å². The first-order valence-electron chi connectivity index (χ1n) is 10.1. The fraction of sp³-hybridized carbons (Fsp3) is 0.524. The summed E-state index contributed by atoms with van der Waals surface area (Å²) in [5, 5.41) is 10.1. The summed E-state index contributed by atoms with van der Waals surface area (Å²) in [6.45, 7) is 4.11. The first-order chi connectivity index (χ1) is 14.7. The first-order valence-corrected chi connectivity index (χ1v) is 10.1. The molecule has 1 aliphatic heterocycles. The topological polar surface area (TPSA) is 80.2 Å². The van der Waals surface area contributed by atoms with Crippen molar-refractivity contribution in [2.75, 3.05) is 12.4 Å². The third kappa shape index (κ3) is 3.73. The van der Waals surface area contributed by atoms with E-state index in [1.54, 1.807) is 12.0 Å². The van der Waals surface area contributed by atoms with Crippen LogP contribution in [-0.4, -0.2) is 50.9 Å². The van der Waals surface area contributed by atoms with Crippen LogP contribution in [0.3, 0.4) is 0 Å². The second-order valence-electron chi connectivity index (χ2n) is 8.41. The maximum absolute atomic E-state index is 13.5. The molecule has 0 radical (unpaired) electrons. The van der Waals surface area contributed by atoms with Gasteiger partial charge < -0.3 is 15.0 Å². The smallest absolute Gasteiger partial charge is 0.379 e. The SMILES string of the molecule is COC(C)C12CC(C[C@H](C)C1)N2C(=O)Nc1ccc(C(F)(F)F)c(-c2nccnn2)c1. The number of urea groups is 1. The van der Waals surface area contributed by atoms with Gasteiger partial charge in [-0.1, -0.05) is 6.92 Å². The van der Waals surface area contributed by atoms with Crippen molar-refractivity contribution in [1.29, 1.82) is 0 Å². The van der Waals surface area contributed by atoms with E-state index in [0.29, 0.717) is 5.92 Å². The predicted molar refractivity (Wildman–Crippen MR) is 107 cm³/mol. The summed E-state index contributed by atoms with van der Waals surface area (Å²) in [5.74, 6) is 0.311. The third-order valence-corrected chi connectivity index (χ3v) is 6.44. The van der Waals surface area contributed by atoms with E-state index in [1.165, 1.54) is 24.5 Å². The minimum absolute atomic E-state index is 0.0944. The quantitative estimate of drug-likeness (QED) is 0.772. The molecule has 2 bridgehead atoms. The number of ether oxygens (including phenoxy) is 1. The van der Waals surface area contributed by atoms with Crippen LogP contribution < -0.4 is 5.32 Å². The molecule has 1 aromatic carbocycles. The monoisotopic (exact) mass is 435 g/mol. The second kappa shape index (κ2) is 7.74. The highest BCUT2D eigenvalue weighted by atomic mass is 19.4. The van der Waals surface area contributed by atoms with Crippen LogP contribution in [0.5, 0.6) is 0 Å². The molecule has 4 rings (SSSR count). The molecule has 7 nitrogen and oxygen atoms in total. The van der Waals surface area contributed by atoms with E-state index in [9.17, 15) is 18.0 Å². The molecule has 2 amide bonds. The summed E-state index contributed by atoms with van der Waals surface area (Å²) in [4.78, 5) is 18.9. The summed E-state index contributed by atoms with van der Waals surface area (Å²) < 4.78 is 46.1. The summed E-state index contributed by atoms with van der Waals surface area (Å²) in [7, 11) is 1.62. The number of anilines is 1. The normalized spacial score (nSPS) is 26.2. The molecule has 2 aromatic rings. The minimum Gasteiger partial charge on any atom is -0.379 e. The number of piperidine rings is 1. The van der Waals surface area contributed by atoms with E-state index in [0.717, 1.165) is 25.3 Å². The molecule has 1 aliphatic carbocycles. The van der Waals surface area contributed by atoms with Crippen molar-refractivity contribution < 1.29 is 22.7 Å². The molecule has 2 aliphatic rings. The molecule has 1 N–H and O–H groups in total. The van der Waals surface area contributed by atoms with Gasteiger partial charge in [0.15, 0.2) is 5.82 Å². The van der Waals surface area contributed by atoms with Crippen LogP contribution in [-0.2, 0) is 10.9 Å². The van der Waals surface area contributed by atoms with Crippen molar-refractivity contribution in [2.45, 2.75) is 57.0 Å². The Balaban J connectivity index is 1.63. The van der Waals surface area contributed by atoms with Gasteiger partial charge >= 0.3 is 12.2 Å². The first kappa shape index (κ1) is 21.5. The van der Waals surface area contributed by atoms with Crippen LogP contribution in [0.1, 0.15) is 38.7 Å². The molecule has 2 fully saturated rings. The molecule has 1 saturated heterocycles. The fourth-order valence-corrected chi connectivity index (χ4v) is 5.09.